The number of pyridine rings is 2. The second kappa shape index (κ2) is 12.4. The van der Waals surface area contributed by atoms with E-state index in [0.29, 0.717) is 17.5 Å². The summed E-state index contributed by atoms with van der Waals surface area (Å²) < 4.78 is 28.1. The highest BCUT2D eigenvalue weighted by Gasteiger charge is 2.43. The zero-order valence-corrected chi connectivity index (χ0v) is 24.3. The number of halogens is 2. The molecule has 0 aliphatic carbocycles. The van der Waals surface area contributed by atoms with Crippen molar-refractivity contribution in [3.05, 3.63) is 87.6 Å². The van der Waals surface area contributed by atoms with Gasteiger partial charge in [-0.3, -0.25) is 24.3 Å². The lowest BCUT2D eigenvalue weighted by Crippen LogP contribution is -2.55. The van der Waals surface area contributed by atoms with E-state index in [1.807, 2.05) is 52.0 Å². The molecule has 1 aliphatic rings. The molecular formula is C32H38F2N4O3. The number of nitrogens with one attached hydrogen (secondary N) is 1. The third kappa shape index (κ3) is 7.52. The highest BCUT2D eigenvalue weighted by molar-refractivity contribution is 5.83. The molecule has 218 valence electrons. The molecule has 7 nitrogen and oxygen atoms in total. The van der Waals surface area contributed by atoms with Crippen LogP contribution in [0.4, 0.5) is 8.78 Å². The number of amides is 1. The number of carbonyl (C=O) groups is 2. The maximum absolute atomic E-state index is 13.8. The second-order valence-corrected chi connectivity index (χ2v) is 11.7. The third-order valence-corrected chi connectivity index (χ3v) is 7.39. The molecule has 0 saturated carbocycles. The zero-order valence-electron chi connectivity index (χ0n) is 24.3. The number of rotatable bonds is 11. The van der Waals surface area contributed by atoms with Gasteiger partial charge in [-0.1, -0.05) is 38.1 Å². The molecule has 1 saturated heterocycles. The predicted octanol–water partition coefficient (Wildman–Crippen LogP) is 5.40. The van der Waals surface area contributed by atoms with Crippen LogP contribution in [0.1, 0.15) is 68.0 Å². The number of ketones is 1. The lowest BCUT2D eigenvalue weighted by Gasteiger charge is -2.38. The van der Waals surface area contributed by atoms with Crippen molar-refractivity contribution in [2.75, 3.05) is 13.1 Å². The highest BCUT2D eigenvalue weighted by atomic mass is 19.3. The molecule has 1 fully saturated rings. The van der Waals surface area contributed by atoms with E-state index in [9.17, 15) is 23.2 Å². The first-order valence-electron chi connectivity index (χ1n) is 14.0. The lowest BCUT2D eigenvalue weighted by molar-refractivity contribution is -0.133. The number of carbonyl (C=O) groups excluding carboxylic acids is 2. The Morgan fingerprint density at radius 2 is 1.76 bits per heavy atom. The number of aryl methyl sites for hydroxylation is 2. The molecule has 0 spiro atoms. The summed E-state index contributed by atoms with van der Waals surface area (Å²) in [6.45, 7) is 9.05. The van der Waals surface area contributed by atoms with Gasteiger partial charge in [-0.15, -0.1) is 0 Å². The topological polar surface area (TPSA) is 84.3 Å². The second-order valence-electron chi connectivity index (χ2n) is 11.7. The summed E-state index contributed by atoms with van der Waals surface area (Å²) in [6.07, 6.45) is 5.46. The minimum absolute atomic E-state index is 0.0656. The molecule has 9 heteroatoms. The van der Waals surface area contributed by atoms with Crippen LogP contribution in [-0.4, -0.2) is 45.2 Å². The molecule has 1 amide bonds. The van der Waals surface area contributed by atoms with Crippen LogP contribution in [0.15, 0.2) is 59.8 Å². The van der Waals surface area contributed by atoms with Gasteiger partial charge in [-0.05, 0) is 67.0 Å². The number of likely N-dealkylation sites (tertiary alicyclic amines) is 1. The van der Waals surface area contributed by atoms with Crippen LogP contribution in [0.25, 0.3) is 11.1 Å². The normalized spacial score (nSPS) is 16.2. The zero-order chi connectivity index (χ0) is 29.9. The number of Topliss-reactive ketones (excluding diaryl/α,β-unsaturated/α-hetero) is 1. The number of hydrogen-bond donors (Lipinski definition) is 1. The fourth-order valence-electron chi connectivity index (χ4n) is 5.52. The van der Waals surface area contributed by atoms with Crippen LogP contribution >= 0.6 is 0 Å². The SMILES string of the molecule is CC(=O)C[C@H](NC(=O)[C@@H](CC(C)C)n1cc(CN2CC(F)(F)C2)ccc1=O)c1cncc(-c2c(C)cccc2C)c1. The first kappa shape index (κ1) is 30.2. The van der Waals surface area contributed by atoms with Gasteiger partial charge in [0.2, 0.25) is 5.91 Å². The summed E-state index contributed by atoms with van der Waals surface area (Å²) in [5.41, 5.74) is 5.13. The van der Waals surface area contributed by atoms with Crippen molar-refractivity contribution in [2.24, 2.45) is 5.92 Å². The van der Waals surface area contributed by atoms with Crippen molar-refractivity contribution in [1.29, 1.82) is 0 Å². The van der Waals surface area contributed by atoms with E-state index in [2.05, 4.69) is 10.3 Å². The monoisotopic (exact) mass is 564 g/mol. The third-order valence-electron chi connectivity index (χ3n) is 7.39. The summed E-state index contributed by atoms with van der Waals surface area (Å²) in [7, 11) is 0. The minimum Gasteiger partial charge on any atom is -0.347 e. The van der Waals surface area contributed by atoms with Crippen molar-refractivity contribution in [3.63, 3.8) is 0 Å². The van der Waals surface area contributed by atoms with Crippen LogP contribution in [0, 0.1) is 19.8 Å². The molecule has 1 aromatic carbocycles. The van der Waals surface area contributed by atoms with Crippen molar-refractivity contribution in [3.8, 4) is 11.1 Å². The smallest absolute Gasteiger partial charge is 0.272 e. The quantitative estimate of drug-likeness (QED) is 0.337. The van der Waals surface area contributed by atoms with Crippen molar-refractivity contribution < 1.29 is 18.4 Å². The standard InChI is InChI=1S/C32H38F2N4O3/c1-20(2)11-28(38-17-24(9-10-29(38)40)16-37-18-32(33,34)19-37)31(41)36-27(12-23(5)39)25-13-26(15-35-14-25)30-21(3)7-6-8-22(30)4/h6-10,13-15,17,20,27-28H,11-12,16,18-19H2,1-5H3,(H,36,41)/t27-,28+/m0/s1. The molecule has 4 rings (SSSR count). The van der Waals surface area contributed by atoms with E-state index < -0.39 is 23.9 Å². The van der Waals surface area contributed by atoms with Crippen LogP contribution in [0.3, 0.4) is 0 Å². The molecular weight excluding hydrogens is 526 g/mol. The van der Waals surface area contributed by atoms with Gasteiger partial charge in [0.15, 0.2) is 0 Å². The van der Waals surface area contributed by atoms with E-state index in [4.69, 9.17) is 0 Å². The minimum atomic E-state index is -2.69. The van der Waals surface area contributed by atoms with E-state index in [1.165, 1.54) is 17.6 Å². The van der Waals surface area contributed by atoms with Gasteiger partial charge < -0.3 is 9.88 Å². The van der Waals surface area contributed by atoms with Gasteiger partial charge in [0, 0.05) is 43.2 Å². The molecule has 3 heterocycles. The molecule has 41 heavy (non-hydrogen) atoms. The maximum Gasteiger partial charge on any atom is 0.272 e. The Balaban J connectivity index is 1.63. The summed E-state index contributed by atoms with van der Waals surface area (Å²) >= 11 is 0. The maximum atomic E-state index is 13.8. The van der Waals surface area contributed by atoms with Crippen LogP contribution in [-0.2, 0) is 16.1 Å². The van der Waals surface area contributed by atoms with Gasteiger partial charge in [0.25, 0.3) is 11.5 Å². The predicted molar refractivity (Wildman–Crippen MR) is 155 cm³/mol. The van der Waals surface area contributed by atoms with Gasteiger partial charge in [0.05, 0.1) is 19.1 Å². The average molecular weight is 565 g/mol. The summed E-state index contributed by atoms with van der Waals surface area (Å²) in [4.78, 5) is 45.1. The van der Waals surface area contributed by atoms with E-state index in [1.54, 1.807) is 29.6 Å². The number of aromatic nitrogens is 2. The summed E-state index contributed by atoms with van der Waals surface area (Å²) in [5, 5.41) is 3.03. The number of nitrogens with zero attached hydrogens (tertiary/aromatic N) is 3. The number of alkyl halides is 2. The largest absolute Gasteiger partial charge is 0.347 e. The molecule has 3 aromatic rings. The van der Waals surface area contributed by atoms with Gasteiger partial charge in [0.1, 0.15) is 11.8 Å². The van der Waals surface area contributed by atoms with E-state index in [-0.39, 0.29) is 43.3 Å². The Hall–Kier alpha value is -3.72. The number of benzene rings is 1. The van der Waals surface area contributed by atoms with E-state index >= 15 is 0 Å². The van der Waals surface area contributed by atoms with Crippen LogP contribution in [0.5, 0.6) is 0 Å². The first-order valence-corrected chi connectivity index (χ1v) is 14.0. The Morgan fingerprint density at radius 1 is 1.07 bits per heavy atom. The Labute approximate surface area is 239 Å². The molecule has 0 bridgehead atoms. The molecule has 0 unspecified atom stereocenters. The number of hydrogen-bond acceptors (Lipinski definition) is 5. The van der Waals surface area contributed by atoms with Gasteiger partial charge in [-0.25, -0.2) is 8.78 Å². The van der Waals surface area contributed by atoms with Crippen LogP contribution in [0.2, 0.25) is 0 Å². The average Bonchev–Trinajstić information content (AvgIpc) is 2.87. The highest BCUT2D eigenvalue weighted by Crippen LogP contribution is 2.30. The Kier molecular flexibility index (Phi) is 9.17. The fourth-order valence-corrected chi connectivity index (χ4v) is 5.52. The lowest BCUT2D eigenvalue weighted by atomic mass is 9.94. The van der Waals surface area contributed by atoms with Crippen LogP contribution < -0.4 is 10.9 Å². The van der Waals surface area contributed by atoms with E-state index in [0.717, 1.165) is 22.3 Å². The molecule has 2 atom stereocenters. The van der Waals surface area contributed by atoms with Gasteiger partial charge in [-0.2, -0.15) is 0 Å². The van der Waals surface area contributed by atoms with Gasteiger partial charge >= 0.3 is 0 Å². The summed E-state index contributed by atoms with van der Waals surface area (Å²) in [6, 6.07) is 9.50. The Morgan fingerprint density at radius 3 is 2.37 bits per heavy atom. The van der Waals surface area contributed by atoms with Crippen molar-refractivity contribution >= 4 is 11.7 Å². The fraction of sp³-hybridized carbons (Fsp3) is 0.438. The van der Waals surface area contributed by atoms with Crippen molar-refractivity contribution in [1.82, 2.24) is 19.8 Å². The molecule has 2 aromatic heterocycles. The van der Waals surface area contributed by atoms with Crippen molar-refractivity contribution in [2.45, 2.75) is 72.0 Å². The molecule has 0 radical (unpaired) electrons. The molecule has 1 N–H and O–H groups in total. The molecule has 1 aliphatic heterocycles. The Bertz CT molecular complexity index is 1460. The first-order chi connectivity index (χ1) is 19.3. The summed E-state index contributed by atoms with van der Waals surface area (Å²) in [5.74, 6) is -3.10.